The number of benzene rings is 1. The molecule has 1 aromatic carbocycles. The van der Waals surface area contributed by atoms with Crippen LogP contribution in [0.15, 0.2) is 30.5 Å². The van der Waals surface area contributed by atoms with Crippen LogP contribution in [0, 0.1) is 6.92 Å². The summed E-state index contributed by atoms with van der Waals surface area (Å²) in [6, 6.07) is 7.53. The highest BCUT2D eigenvalue weighted by Gasteiger charge is 2.08. The van der Waals surface area contributed by atoms with Crippen molar-refractivity contribution in [3.63, 3.8) is 0 Å². The molecule has 0 unspecified atom stereocenters. The van der Waals surface area contributed by atoms with E-state index in [0.717, 1.165) is 22.3 Å². The maximum atomic E-state index is 6.04. The van der Waals surface area contributed by atoms with Crippen LogP contribution in [0.5, 0.6) is 0 Å². The van der Waals surface area contributed by atoms with Gasteiger partial charge >= 0.3 is 0 Å². The summed E-state index contributed by atoms with van der Waals surface area (Å²) < 4.78 is 1.67. The predicted molar refractivity (Wildman–Crippen MR) is 77.6 cm³/mol. The standard InChI is InChI=1S/C13H10Cl2N4/c1-7-4-9(6-19-12(7)17-13(16)18-19)8-2-3-10(14)11(15)5-8/h2-6H,1H3,(H2,16,18). The molecule has 0 aliphatic carbocycles. The number of hydrogen-bond acceptors (Lipinski definition) is 3. The van der Waals surface area contributed by atoms with Crippen molar-refractivity contribution < 1.29 is 0 Å². The number of nitrogen functional groups attached to an aromatic ring is 1. The third kappa shape index (κ3) is 2.13. The fourth-order valence-electron chi connectivity index (χ4n) is 2.00. The Kier molecular flexibility index (Phi) is 2.84. The van der Waals surface area contributed by atoms with Gasteiger partial charge in [-0.05, 0) is 36.2 Å². The molecule has 0 amide bonds. The summed E-state index contributed by atoms with van der Waals surface area (Å²) in [5.41, 5.74) is 9.30. The van der Waals surface area contributed by atoms with E-state index in [4.69, 9.17) is 28.9 Å². The van der Waals surface area contributed by atoms with Crippen molar-refractivity contribution in [2.75, 3.05) is 5.73 Å². The number of rotatable bonds is 1. The Hall–Kier alpha value is -1.78. The zero-order chi connectivity index (χ0) is 13.6. The van der Waals surface area contributed by atoms with Crippen LogP contribution in [0.4, 0.5) is 5.95 Å². The van der Waals surface area contributed by atoms with Crippen LogP contribution in [-0.2, 0) is 0 Å². The molecule has 2 heterocycles. The monoisotopic (exact) mass is 292 g/mol. The van der Waals surface area contributed by atoms with Crippen molar-refractivity contribution in [3.05, 3.63) is 46.1 Å². The quantitative estimate of drug-likeness (QED) is 0.746. The molecule has 0 fully saturated rings. The predicted octanol–water partition coefficient (Wildman–Crippen LogP) is 3.59. The molecule has 19 heavy (non-hydrogen) atoms. The fraction of sp³-hybridized carbons (Fsp3) is 0.0769. The summed E-state index contributed by atoms with van der Waals surface area (Å²) >= 11 is 12.0. The van der Waals surface area contributed by atoms with Crippen molar-refractivity contribution >= 4 is 34.8 Å². The highest BCUT2D eigenvalue weighted by atomic mass is 35.5. The minimum absolute atomic E-state index is 0.259. The molecule has 0 saturated carbocycles. The average Bonchev–Trinajstić information content (AvgIpc) is 2.74. The van der Waals surface area contributed by atoms with Crippen molar-refractivity contribution in [1.82, 2.24) is 14.6 Å². The van der Waals surface area contributed by atoms with Crippen LogP contribution in [0.25, 0.3) is 16.8 Å². The Morgan fingerprint density at radius 2 is 1.89 bits per heavy atom. The van der Waals surface area contributed by atoms with E-state index in [-0.39, 0.29) is 5.95 Å². The van der Waals surface area contributed by atoms with E-state index in [2.05, 4.69) is 10.1 Å². The molecule has 0 bridgehead atoms. The first-order chi connectivity index (χ1) is 9.04. The Balaban J connectivity index is 2.21. The maximum Gasteiger partial charge on any atom is 0.240 e. The Labute approximate surface area is 119 Å². The van der Waals surface area contributed by atoms with Crippen LogP contribution in [-0.4, -0.2) is 14.6 Å². The lowest BCUT2D eigenvalue weighted by Crippen LogP contribution is -1.92. The first-order valence-corrected chi connectivity index (χ1v) is 6.38. The molecular formula is C13H10Cl2N4. The minimum Gasteiger partial charge on any atom is -0.366 e. The van der Waals surface area contributed by atoms with Gasteiger partial charge in [0.1, 0.15) is 0 Å². The van der Waals surface area contributed by atoms with Gasteiger partial charge < -0.3 is 5.73 Å². The highest BCUT2D eigenvalue weighted by molar-refractivity contribution is 6.42. The largest absolute Gasteiger partial charge is 0.366 e. The molecule has 2 N–H and O–H groups in total. The van der Waals surface area contributed by atoms with Crippen LogP contribution in [0.1, 0.15) is 5.56 Å². The fourth-order valence-corrected chi connectivity index (χ4v) is 2.30. The molecule has 0 saturated heterocycles. The molecule has 4 nitrogen and oxygen atoms in total. The third-order valence-electron chi connectivity index (χ3n) is 2.89. The van der Waals surface area contributed by atoms with Crippen LogP contribution in [0.2, 0.25) is 10.0 Å². The number of aryl methyl sites for hydroxylation is 1. The number of fused-ring (bicyclic) bond motifs is 1. The summed E-state index contributed by atoms with van der Waals surface area (Å²) in [4.78, 5) is 4.16. The molecule has 0 atom stereocenters. The maximum absolute atomic E-state index is 6.04. The van der Waals surface area contributed by atoms with Gasteiger partial charge in [-0.2, -0.15) is 4.98 Å². The van der Waals surface area contributed by atoms with E-state index in [9.17, 15) is 0 Å². The van der Waals surface area contributed by atoms with E-state index in [0.29, 0.717) is 10.0 Å². The van der Waals surface area contributed by atoms with Crippen molar-refractivity contribution in [3.8, 4) is 11.1 Å². The molecule has 0 aliphatic rings. The first kappa shape index (κ1) is 12.3. The van der Waals surface area contributed by atoms with Crippen LogP contribution < -0.4 is 5.73 Å². The van der Waals surface area contributed by atoms with Gasteiger partial charge in [0.25, 0.3) is 0 Å². The summed E-state index contributed by atoms with van der Waals surface area (Å²) in [5.74, 6) is 0.259. The van der Waals surface area contributed by atoms with E-state index in [1.807, 2.05) is 31.3 Å². The van der Waals surface area contributed by atoms with Gasteiger partial charge in [0.05, 0.1) is 10.0 Å². The van der Waals surface area contributed by atoms with Crippen LogP contribution in [0.3, 0.4) is 0 Å². The molecule has 3 rings (SSSR count). The second-order valence-corrected chi connectivity index (χ2v) is 5.09. The van der Waals surface area contributed by atoms with Crippen molar-refractivity contribution in [1.29, 1.82) is 0 Å². The zero-order valence-electron chi connectivity index (χ0n) is 10.1. The Bertz CT molecular complexity index is 780. The van der Waals surface area contributed by atoms with Gasteiger partial charge in [-0.15, -0.1) is 5.10 Å². The number of nitrogens with zero attached hydrogens (tertiary/aromatic N) is 3. The lowest BCUT2D eigenvalue weighted by molar-refractivity contribution is 0.964. The molecule has 96 valence electrons. The molecule has 0 aliphatic heterocycles. The molecule has 2 aromatic heterocycles. The Morgan fingerprint density at radius 3 is 2.63 bits per heavy atom. The Morgan fingerprint density at radius 1 is 1.11 bits per heavy atom. The molecule has 6 heteroatoms. The molecular weight excluding hydrogens is 283 g/mol. The van der Waals surface area contributed by atoms with E-state index in [1.54, 1.807) is 10.6 Å². The van der Waals surface area contributed by atoms with E-state index >= 15 is 0 Å². The second kappa shape index (κ2) is 4.40. The summed E-state index contributed by atoms with van der Waals surface area (Å²) in [6.07, 6.45) is 1.87. The SMILES string of the molecule is Cc1cc(-c2ccc(Cl)c(Cl)c2)cn2nc(N)nc12. The summed E-state index contributed by atoms with van der Waals surface area (Å²) in [7, 11) is 0. The summed E-state index contributed by atoms with van der Waals surface area (Å²) in [6.45, 7) is 1.96. The van der Waals surface area contributed by atoms with Gasteiger partial charge in [0, 0.05) is 11.8 Å². The molecule has 3 aromatic rings. The lowest BCUT2D eigenvalue weighted by atomic mass is 10.1. The number of aromatic nitrogens is 3. The lowest BCUT2D eigenvalue weighted by Gasteiger charge is -2.06. The van der Waals surface area contributed by atoms with Gasteiger partial charge in [-0.25, -0.2) is 4.52 Å². The number of pyridine rings is 1. The van der Waals surface area contributed by atoms with Gasteiger partial charge in [0.2, 0.25) is 5.95 Å². The van der Waals surface area contributed by atoms with Gasteiger partial charge in [0.15, 0.2) is 5.65 Å². The smallest absolute Gasteiger partial charge is 0.240 e. The van der Waals surface area contributed by atoms with Crippen LogP contribution >= 0.6 is 23.2 Å². The first-order valence-electron chi connectivity index (χ1n) is 5.62. The van der Waals surface area contributed by atoms with Gasteiger partial charge in [-0.3, -0.25) is 0 Å². The zero-order valence-corrected chi connectivity index (χ0v) is 11.6. The molecule has 0 spiro atoms. The summed E-state index contributed by atoms with van der Waals surface area (Å²) in [5, 5.41) is 5.18. The number of halogens is 2. The number of anilines is 1. The minimum atomic E-state index is 0.259. The number of hydrogen-bond donors (Lipinski definition) is 1. The third-order valence-corrected chi connectivity index (χ3v) is 3.63. The second-order valence-electron chi connectivity index (χ2n) is 4.28. The average molecular weight is 293 g/mol. The number of nitrogens with two attached hydrogens (primary N) is 1. The van der Waals surface area contributed by atoms with Crippen molar-refractivity contribution in [2.24, 2.45) is 0 Å². The normalized spacial score (nSPS) is 11.1. The van der Waals surface area contributed by atoms with Crippen molar-refractivity contribution in [2.45, 2.75) is 6.92 Å². The topological polar surface area (TPSA) is 56.2 Å². The highest BCUT2D eigenvalue weighted by Crippen LogP contribution is 2.29. The molecule has 0 radical (unpaired) electrons. The van der Waals surface area contributed by atoms with Gasteiger partial charge in [-0.1, -0.05) is 29.3 Å². The van der Waals surface area contributed by atoms with E-state index in [1.165, 1.54) is 0 Å². The van der Waals surface area contributed by atoms with E-state index < -0.39 is 0 Å².